The molecule has 14 unspecified atom stereocenters. The van der Waals surface area contributed by atoms with Crippen molar-refractivity contribution in [3.05, 3.63) is 0 Å². The number of nitrogens with two attached hydrogens (primary N) is 2. The lowest BCUT2D eigenvalue weighted by atomic mass is 9.98. The van der Waals surface area contributed by atoms with Gasteiger partial charge in [0, 0.05) is 111 Å². The maximum atomic E-state index is 11.9. The minimum atomic E-state index is -2.11. The summed E-state index contributed by atoms with van der Waals surface area (Å²) >= 11 is 0. The summed E-state index contributed by atoms with van der Waals surface area (Å²) in [4.78, 5) is 85.5. The second-order valence-corrected chi connectivity index (χ2v) is 21.8. The van der Waals surface area contributed by atoms with Crippen LogP contribution in [0.2, 0.25) is 0 Å². The number of carbonyl (C=O) groups excluding carboxylic acids is 3. The number of aliphatic hydroxyl groups excluding tert-OH is 9. The van der Waals surface area contributed by atoms with Gasteiger partial charge >= 0.3 is 17.9 Å². The minimum Gasteiger partial charge on any atom is -0.481 e. The Morgan fingerprint density at radius 2 is 0.865 bits per heavy atom. The molecule has 0 aromatic rings. The Morgan fingerprint density at radius 3 is 1.34 bits per heavy atom. The first-order chi connectivity index (χ1) is 46.5. The monoisotopic (exact) mass is 1400 g/mol. The van der Waals surface area contributed by atoms with Crippen LogP contribution in [0.3, 0.4) is 0 Å². The maximum Gasteiger partial charge on any atom is 0.303 e. The van der Waals surface area contributed by atoms with E-state index in [-0.39, 0.29) is 38.9 Å². The van der Waals surface area contributed by atoms with Gasteiger partial charge in [0.25, 0.3) is 0 Å². The quantitative estimate of drug-likeness (QED) is 0.0116. The van der Waals surface area contributed by atoms with Gasteiger partial charge in [0.2, 0.25) is 6.29 Å². The van der Waals surface area contributed by atoms with Crippen LogP contribution < -0.4 is 65.1 Å². The molecule has 1 rings (SSSR count). The number of hydroxylamine groups is 3. The molecule has 17 atom stereocenters. The second-order valence-electron chi connectivity index (χ2n) is 21.8. The van der Waals surface area contributed by atoms with E-state index in [1.54, 1.807) is 0 Å². The minimum absolute atomic E-state index is 0.155. The fraction of sp³-hybridized carbons (Fsp3) is 0.893. The van der Waals surface area contributed by atoms with Crippen molar-refractivity contribution in [2.75, 3.05) is 158 Å². The van der Waals surface area contributed by atoms with Gasteiger partial charge in [-0.25, -0.2) is 0 Å². The Balaban J connectivity index is 3.52. The van der Waals surface area contributed by atoms with Crippen LogP contribution in [-0.2, 0) is 76.4 Å². The third kappa shape index (κ3) is 41.7. The van der Waals surface area contributed by atoms with Crippen LogP contribution in [0.25, 0.3) is 0 Å². The Hall–Kier alpha value is -3.82. The lowest BCUT2D eigenvalue weighted by molar-refractivity contribution is -0.349. The van der Waals surface area contributed by atoms with Gasteiger partial charge < -0.3 is 158 Å². The van der Waals surface area contributed by atoms with Gasteiger partial charge in [0.1, 0.15) is 79.9 Å². The van der Waals surface area contributed by atoms with Crippen molar-refractivity contribution in [2.45, 2.75) is 162 Å². The van der Waals surface area contributed by atoms with Gasteiger partial charge in [0.05, 0.1) is 71.0 Å². The molecular formula is C56H112N12O28. The topological polar surface area (TPSA) is 610 Å². The van der Waals surface area contributed by atoms with Crippen molar-refractivity contribution in [3.8, 4) is 0 Å². The molecule has 0 bridgehead atoms. The van der Waals surface area contributed by atoms with E-state index in [1.807, 2.05) is 0 Å². The molecule has 1 heterocycles. The molecule has 564 valence electrons. The van der Waals surface area contributed by atoms with Crippen LogP contribution in [0.4, 0.5) is 0 Å². The third-order valence-electron chi connectivity index (χ3n) is 14.1. The molecule has 96 heavy (non-hydrogen) atoms. The van der Waals surface area contributed by atoms with Gasteiger partial charge in [-0.05, 0) is 45.2 Å². The fourth-order valence-electron chi connectivity index (χ4n) is 8.85. The molecule has 0 saturated carbocycles. The first-order valence-electron chi connectivity index (χ1n) is 32.2. The Labute approximate surface area is 557 Å². The summed E-state index contributed by atoms with van der Waals surface area (Å²) < 4.78 is 42.2. The Morgan fingerprint density at radius 1 is 0.438 bits per heavy atom. The molecule has 40 heteroatoms. The molecule has 1 fully saturated rings. The van der Waals surface area contributed by atoms with Crippen LogP contribution in [-0.4, -0.2) is 360 Å². The van der Waals surface area contributed by atoms with Crippen molar-refractivity contribution >= 4 is 36.8 Å². The lowest BCUT2D eigenvalue weighted by Crippen LogP contribution is -2.62. The molecule has 40 nitrogen and oxygen atoms in total. The maximum absolute atomic E-state index is 11.9. The van der Waals surface area contributed by atoms with Crippen molar-refractivity contribution in [2.24, 2.45) is 11.5 Å². The molecule has 1 aliphatic heterocycles. The number of nitrogens with one attached hydrogen (secondary N) is 10. The number of carbonyl (C=O) groups is 6. The smallest absolute Gasteiger partial charge is 0.303 e. The highest BCUT2D eigenvalue weighted by molar-refractivity contribution is 5.69. The molecule has 1 aliphatic rings. The standard InChI is InChI=1S/C56H112N12O28/c57-10-14-59-12-2-1-3-13-60-20-23-65-25-50(91-46(36-87-66-37(26-69)4-7-47(79)80)44(32-75)95-67-38(27-70)5-8-48(81)82)94-55-45(33-76)93-56(54(86)53(55)85)92-43(31-74)42(30-73)89-51(34-77)88-40(24-64-22-21-63-19-18-62-17-16-61-15-11-58)41(29-72)90-52(35-78)96-68-39(28-71)6-9-49(83)84/h26-28,37-46,50-56,59-68,72-78,85-86H,1-25,29-36,57-58H2,(H,79,80)(H,81,82)(H,83,84)/t37-,38-,39-,40?,41?,42?,43?,44?,45?,46?,50?,51?,52?,53?,54?,55?,56?/m0/s1. The van der Waals surface area contributed by atoms with E-state index in [2.05, 4.69) is 53.7 Å². The van der Waals surface area contributed by atoms with E-state index in [4.69, 9.17) is 64.2 Å². The molecule has 0 amide bonds. The predicted molar refractivity (Wildman–Crippen MR) is 334 cm³/mol. The largest absolute Gasteiger partial charge is 0.481 e. The summed E-state index contributed by atoms with van der Waals surface area (Å²) in [7, 11) is 0. The molecule has 0 aromatic heterocycles. The van der Waals surface area contributed by atoms with Gasteiger partial charge in [0.15, 0.2) is 18.9 Å². The SMILES string of the molecule is NCCNCCCCCNCCNCC(OC(CON[C@H](C=O)CCC(=O)O)C(CO)ON[C@H](C=O)CCC(=O)O)OC1C(CO)OC(OC(CO)C(CO)OC(CO)OC(CNCCNCCNCCNCCN)C(CO)OC(CO)ON[C@H](C=O)CCC(=O)O)C(O)C1O. The zero-order chi connectivity index (χ0) is 71.1. The number of aliphatic hydroxyl groups is 9. The van der Waals surface area contributed by atoms with E-state index in [0.29, 0.717) is 90.9 Å². The van der Waals surface area contributed by atoms with E-state index >= 15 is 0 Å². The number of unbranched alkanes of at least 4 members (excludes halogenated alkanes) is 2. The summed E-state index contributed by atoms with van der Waals surface area (Å²) in [6.07, 6.45) is -21.5. The summed E-state index contributed by atoms with van der Waals surface area (Å²) in [5.74, 6) is -3.62. The van der Waals surface area contributed by atoms with Gasteiger partial charge in [-0.2, -0.15) is 16.4 Å². The van der Waals surface area contributed by atoms with E-state index in [0.717, 1.165) is 32.4 Å². The second kappa shape index (κ2) is 58.9. The van der Waals surface area contributed by atoms with Crippen LogP contribution in [0.5, 0.6) is 0 Å². The normalized spacial score (nSPS) is 20.5. The average molecular weight is 1400 g/mol. The number of carboxylic acids is 3. The molecule has 0 radical (unpaired) electrons. The Kier molecular flexibility index (Phi) is 55.4. The highest BCUT2D eigenvalue weighted by atomic mass is 16.8. The van der Waals surface area contributed by atoms with Crippen molar-refractivity contribution in [3.63, 3.8) is 0 Å². The first kappa shape index (κ1) is 90.2. The van der Waals surface area contributed by atoms with E-state index < -0.39 is 194 Å². The Bertz CT molecular complexity index is 1950. The zero-order valence-corrected chi connectivity index (χ0v) is 54.4. The van der Waals surface area contributed by atoms with Crippen LogP contribution in [0.15, 0.2) is 0 Å². The summed E-state index contributed by atoms with van der Waals surface area (Å²) in [6.45, 7) is 0.475. The third-order valence-corrected chi connectivity index (χ3v) is 14.1. The number of hydrogen-bond acceptors (Lipinski definition) is 37. The number of carboxylic acid groups (broad SMARTS) is 3. The first-order valence-corrected chi connectivity index (χ1v) is 32.2. The van der Waals surface area contributed by atoms with Crippen molar-refractivity contribution < 1.29 is 138 Å². The van der Waals surface area contributed by atoms with Crippen LogP contribution >= 0.6 is 0 Å². The van der Waals surface area contributed by atoms with Crippen molar-refractivity contribution in [1.82, 2.24) is 53.7 Å². The van der Waals surface area contributed by atoms with Gasteiger partial charge in [-0.1, -0.05) is 6.42 Å². The van der Waals surface area contributed by atoms with Gasteiger partial charge in [-0.15, -0.1) is 0 Å². The molecule has 0 spiro atoms. The number of aliphatic carboxylic acids is 3. The highest BCUT2D eigenvalue weighted by Gasteiger charge is 2.48. The average Bonchev–Trinajstić information content (AvgIpc) is 0.804. The molecule has 0 aliphatic carbocycles. The number of aldehydes is 3. The summed E-state index contributed by atoms with van der Waals surface area (Å²) in [5, 5.41) is 148. The summed E-state index contributed by atoms with van der Waals surface area (Å²) in [5.41, 5.74) is 18.1. The predicted octanol–water partition coefficient (Wildman–Crippen LogP) is -10.9. The molecule has 26 N–H and O–H groups in total. The lowest BCUT2D eigenvalue weighted by Gasteiger charge is -2.44. The van der Waals surface area contributed by atoms with E-state index in [1.165, 1.54) is 0 Å². The van der Waals surface area contributed by atoms with E-state index in [9.17, 15) is 84.9 Å². The molecular weight excluding hydrogens is 1290 g/mol. The summed E-state index contributed by atoms with van der Waals surface area (Å²) in [6, 6.07) is -3.52. The number of hydrogen-bond donors (Lipinski definition) is 24. The number of ether oxygens (including phenoxy) is 7. The van der Waals surface area contributed by atoms with Gasteiger partial charge in [-0.3, -0.25) is 28.9 Å². The molecule has 0 aromatic carbocycles. The van der Waals surface area contributed by atoms with Crippen LogP contribution in [0, 0.1) is 0 Å². The molecule has 1 saturated heterocycles. The number of rotatable bonds is 70. The fourth-order valence-corrected chi connectivity index (χ4v) is 8.85. The highest BCUT2D eigenvalue weighted by Crippen LogP contribution is 2.28. The zero-order valence-electron chi connectivity index (χ0n) is 54.4. The van der Waals surface area contributed by atoms with Crippen LogP contribution in [0.1, 0.15) is 57.8 Å². The van der Waals surface area contributed by atoms with Crippen molar-refractivity contribution in [1.29, 1.82) is 0 Å².